The molecule has 1 aromatic rings. The molecule has 0 bridgehead atoms. The Hall–Kier alpha value is -1.26. The molecule has 1 heterocycles. The number of benzene rings is 1. The number of hydrogen-bond donors (Lipinski definition) is 1. The summed E-state index contributed by atoms with van der Waals surface area (Å²) in [5.74, 6) is 0.933. The van der Waals surface area contributed by atoms with E-state index in [0.717, 1.165) is 31.7 Å². The number of halogens is 1. The second kappa shape index (κ2) is 7.36. The first-order chi connectivity index (χ1) is 8.66. The van der Waals surface area contributed by atoms with Gasteiger partial charge >= 0.3 is 0 Å². The van der Waals surface area contributed by atoms with Crippen molar-refractivity contribution in [3.63, 3.8) is 0 Å². The van der Waals surface area contributed by atoms with Gasteiger partial charge in [0.25, 0.3) is 0 Å². The fourth-order valence-corrected chi connectivity index (χ4v) is 2.17. The molecule has 1 atom stereocenters. The summed E-state index contributed by atoms with van der Waals surface area (Å²) in [6, 6.07) is 9.40. The highest BCUT2D eigenvalue weighted by atomic mass is 35.5. The first kappa shape index (κ1) is 15.8. The predicted molar refractivity (Wildman–Crippen MR) is 77.6 cm³/mol. The van der Waals surface area contributed by atoms with Crippen molar-refractivity contribution in [2.75, 3.05) is 13.1 Å². The summed E-state index contributed by atoms with van der Waals surface area (Å²) in [6.07, 6.45) is 1.94. The highest BCUT2D eigenvalue weighted by Crippen LogP contribution is 2.18. The summed E-state index contributed by atoms with van der Waals surface area (Å²) >= 11 is 0. The molecule has 2 N–H and O–H groups in total. The first-order valence-corrected chi connectivity index (χ1v) is 6.43. The number of ether oxygens (including phenoxy) is 1. The molecule has 0 spiro atoms. The zero-order valence-electron chi connectivity index (χ0n) is 11.1. The maximum atomic E-state index is 11.7. The molecule has 5 heteroatoms. The molecule has 1 aliphatic rings. The summed E-state index contributed by atoms with van der Waals surface area (Å²) in [6.45, 7) is 3.20. The lowest BCUT2D eigenvalue weighted by Gasteiger charge is -2.33. The Bertz CT molecular complexity index is 390. The zero-order valence-corrected chi connectivity index (χ0v) is 11.9. The lowest BCUT2D eigenvalue weighted by Crippen LogP contribution is -2.47. The van der Waals surface area contributed by atoms with Crippen molar-refractivity contribution in [2.45, 2.75) is 31.9 Å². The van der Waals surface area contributed by atoms with Crippen LogP contribution in [-0.4, -0.2) is 36.0 Å². The minimum absolute atomic E-state index is 0. The van der Waals surface area contributed by atoms with Gasteiger partial charge in [0.05, 0.1) is 6.04 Å². The third-order valence-electron chi connectivity index (χ3n) is 3.19. The number of nitrogens with zero attached hydrogens (tertiary/aromatic N) is 1. The predicted octanol–water partition coefficient (Wildman–Crippen LogP) is 1.83. The average Bonchev–Trinajstić information content (AvgIpc) is 2.40. The van der Waals surface area contributed by atoms with Crippen LogP contribution >= 0.6 is 12.4 Å². The van der Waals surface area contributed by atoms with Crippen molar-refractivity contribution in [1.82, 2.24) is 4.90 Å². The van der Waals surface area contributed by atoms with Gasteiger partial charge in [-0.15, -0.1) is 12.4 Å². The Balaban J connectivity index is 0.00000180. The fraction of sp³-hybridized carbons (Fsp3) is 0.500. The minimum Gasteiger partial charge on any atom is -0.490 e. The van der Waals surface area contributed by atoms with Gasteiger partial charge in [-0.2, -0.15) is 0 Å². The summed E-state index contributed by atoms with van der Waals surface area (Å²) < 4.78 is 5.87. The first-order valence-electron chi connectivity index (χ1n) is 6.43. The molecule has 2 rings (SSSR count). The molecule has 0 radical (unpaired) electrons. The number of rotatable bonds is 3. The van der Waals surface area contributed by atoms with Crippen molar-refractivity contribution >= 4 is 18.3 Å². The summed E-state index contributed by atoms with van der Waals surface area (Å²) in [5.41, 5.74) is 5.60. The molecule has 4 nitrogen and oxygen atoms in total. The Morgan fingerprint density at radius 3 is 2.42 bits per heavy atom. The lowest BCUT2D eigenvalue weighted by atomic mass is 10.1. The van der Waals surface area contributed by atoms with Crippen molar-refractivity contribution in [1.29, 1.82) is 0 Å². The monoisotopic (exact) mass is 284 g/mol. The number of likely N-dealkylation sites (tertiary alicyclic amines) is 1. The van der Waals surface area contributed by atoms with Crippen LogP contribution in [0.3, 0.4) is 0 Å². The molecule has 1 saturated heterocycles. The molecule has 0 aliphatic carbocycles. The van der Waals surface area contributed by atoms with E-state index < -0.39 is 6.04 Å². The molecule has 19 heavy (non-hydrogen) atoms. The maximum absolute atomic E-state index is 11.7. The van der Waals surface area contributed by atoms with E-state index in [1.807, 2.05) is 35.2 Å². The number of piperidine rings is 1. The van der Waals surface area contributed by atoms with Gasteiger partial charge < -0.3 is 15.4 Å². The van der Waals surface area contributed by atoms with Gasteiger partial charge in [-0.1, -0.05) is 18.2 Å². The SMILES string of the molecule is CC(N)C(=O)N1CCC(Oc2ccccc2)CC1.Cl. The van der Waals surface area contributed by atoms with Gasteiger partial charge in [0.2, 0.25) is 5.91 Å². The van der Waals surface area contributed by atoms with E-state index in [1.165, 1.54) is 0 Å². The van der Waals surface area contributed by atoms with Crippen LogP contribution in [0.5, 0.6) is 5.75 Å². The third-order valence-corrected chi connectivity index (χ3v) is 3.19. The van der Waals surface area contributed by atoms with Gasteiger partial charge in [-0.3, -0.25) is 4.79 Å². The normalized spacial score (nSPS) is 17.5. The molecular weight excluding hydrogens is 264 g/mol. The largest absolute Gasteiger partial charge is 0.490 e. The topological polar surface area (TPSA) is 55.6 Å². The minimum atomic E-state index is -0.406. The van der Waals surface area contributed by atoms with Crippen LogP contribution in [-0.2, 0) is 4.79 Å². The average molecular weight is 285 g/mol. The Morgan fingerprint density at radius 2 is 1.89 bits per heavy atom. The van der Waals surface area contributed by atoms with E-state index in [-0.39, 0.29) is 24.4 Å². The van der Waals surface area contributed by atoms with E-state index in [4.69, 9.17) is 10.5 Å². The standard InChI is InChI=1S/C14H20N2O2.ClH/c1-11(15)14(17)16-9-7-13(8-10-16)18-12-5-3-2-4-6-12;/h2-6,11,13H,7-10,15H2,1H3;1H. The molecule has 1 amide bonds. The van der Waals surface area contributed by atoms with Crippen molar-refractivity contribution in [3.05, 3.63) is 30.3 Å². The van der Waals surface area contributed by atoms with Gasteiger partial charge in [0.15, 0.2) is 0 Å². The van der Waals surface area contributed by atoms with Crippen LogP contribution in [0.4, 0.5) is 0 Å². The van der Waals surface area contributed by atoms with Gasteiger partial charge in [-0.25, -0.2) is 0 Å². The van der Waals surface area contributed by atoms with Crippen molar-refractivity contribution in [2.24, 2.45) is 5.73 Å². The van der Waals surface area contributed by atoms with E-state index >= 15 is 0 Å². The number of nitrogens with two attached hydrogens (primary N) is 1. The fourth-order valence-electron chi connectivity index (χ4n) is 2.17. The summed E-state index contributed by atoms with van der Waals surface area (Å²) in [4.78, 5) is 13.6. The van der Waals surface area contributed by atoms with Crippen LogP contribution in [0.1, 0.15) is 19.8 Å². The number of amides is 1. The molecule has 1 fully saturated rings. The van der Waals surface area contributed by atoms with Gasteiger partial charge in [0, 0.05) is 25.9 Å². The highest BCUT2D eigenvalue weighted by molar-refractivity contribution is 5.85. The van der Waals surface area contributed by atoms with Crippen LogP contribution in [0.25, 0.3) is 0 Å². The van der Waals surface area contributed by atoms with Crippen LogP contribution in [0, 0.1) is 0 Å². The molecular formula is C14H21ClN2O2. The number of carbonyl (C=O) groups is 1. The molecule has 0 aromatic heterocycles. The van der Waals surface area contributed by atoms with Crippen molar-refractivity contribution < 1.29 is 9.53 Å². The van der Waals surface area contributed by atoms with Gasteiger partial charge in [-0.05, 0) is 19.1 Å². The zero-order chi connectivity index (χ0) is 13.0. The van der Waals surface area contributed by atoms with Crippen molar-refractivity contribution in [3.8, 4) is 5.75 Å². The van der Waals surface area contributed by atoms with Crippen LogP contribution in [0.2, 0.25) is 0 Å². The maximum Gasteiger partial charge on any atom is 0.239 e. The number of carbonyl (C=O) groups excluding carboxylic acids is 1. The third kappa shape index (κ3) is 4.40. The van der Waals surface area contributed by atoms with E-state index in [9.17, 15) is 4.79 Å². The number of para-hydroxylation sites is 1. The molecule has 1 aliphatic heterocycles. The summed E-state index contributed by atoms with van der Waals surface area (Å²) in [7, 11) is 0. The van der Waals surface area contributed by atoms with Crippen LogP contribution in [0.15, 0.2) is 30.3 Å². The lowest BCUT2D eigenvalue weighted by molar-refractivity contribution is -0.133. The molecule has 106 valence electrons. The van der Waals surface area contributed by atoms with Gasteiger partial charge in [0.1, 0.15) is 11.9 Å². The Labute approximate surface area is 120 Å². The van der Waals surface area contributed by atoms with Crippen LogP contribution < -0.4 is 10.5 Å². The van der Waals surface area contributed by atoms with E-state index in [2.05, 4.69) is 0 Å². The number of hydrogen-bond acceptors (Lipinski definition) is 3. The quantitative estimate of drug-likeness (QED) is 0.921. The van der Waals surface area contributed by atoms with E-state index in [0.29, 0.717) is 0 Å². The molecule has 0 saturated carbocycles. The smallest absolute Gasteiger partial charge is 0.239 e. The summed E-state index contributed by atoms with van der Waals surface area (Å²) in [5, 5.41) is 0. The second-order valence-corrected chi connectivity index (χ2v) is 4.74. The molecule has 1 unspecified atom stereocenters. The molecule has 1 aromatic carbocycles. The van der Waals surface area contributed by atoms with E-state index in [1.54, 1.807) is 6.92 Å². The Kier molecular flexibility index (Phi) is 6.12. The highest BCUT2D eigenvalue weighted by Gasteiger charge is 2.25. The second-order valence-electron chi connectivity index (χ2n) is 4.74. The Morgan fingerprint density at radius 1 is 1.32 bits per heavy atom.